The Morgan fingerprint density at radius 1 is 0.600 bits per heavy atom. The van der Waals surface area contributed by atoms with Crippen molar-refractivity contribution < 1.29 is 0 Å². The van der Waals surface area contributed by atoms with Crippen LogP contribution in [-0.4, -0.2) is 15.0 Å². The minimum atomic E-state index is 0.922. The molecule has 20 heavy (non-hydrogen) atoms. The standard InChI is InChI=1S/C11H10N2.C6H7N/c1-9-5-4-7-11(13-9)10-6-2-3-8-12-10;1-6-4-2-3-5-7-6/h2-8H,1H3;2-5H,1H3. The van der Waals surface area contributed by atoms with Gasteiger partial charge in [-0.3, -0.25) is 15.0 Å². The third-order valence-electron chi connectivity index (χ3n) is 2.63. The summed E-state index contributed by atoms with van der Waals surface area (Å²) in [5, 5.41) is 0. The summed E-state index contributed by atoms with van der Waals surface area (Å²) in [6.07, 6.45) is 3.56. The molecule has 0 aliphatic rings. The van der Waals surface area contributed by atoms with E-state index in [4.69, 9.17) is 0 Å². The first-order chi connectivity index (χ1) is 9.75. The Labute approximate surface area is 119 Å². The molecule has 0 saturated carbocycles. The van der Waals surface area contributed by atoms with Gasteiger partial charge in [-0.2, -0.15) is 0 Å². The van der Waals surface area contributed by atoms with Crippen molar-refractivity contribution in [3.63, 3.8) is 0 Å². The molecule has 0 fully saturated rings. The number of aromatic nitrogens is 3. The van der Waals surface area contributed by atoms with E-state index in [0.717, 1.165) is 22.8 Å². The molecule has 3 heteroatoms. The molecule has 0 aliphatic carbocycles. The maximum absolute atomic E-state index is 4.38. The molecule has 100 valence electrons. The summed E-state index contributed by atoms with van der Waals surface area (Å²) in [7, 11) is 0. The van der Waals surface area contributed by atoms with Crippen LogP contribution in [0.25, 0.3) is 11.4 Å². The maximum atomic E-state index is 4.38. The molecule has 0 aromatic carbocycles. The second-order valence-corrected chi connectivity index (χ2v) is 4.35. The van der Waals surface area contributed by atoms with Gasteiger partial charge in [0.2, 0.25) is 0 Å². The number of hydrogen-bond donors (Lipinski definition) is 0. The normalized spacial score (nSPS) is 9.50. The van der Waals surface area contributed by atoms with Gasteiger partial charge >= 0.3 is 0 Å². The van der Waals surface area contributed by atoms with Gasteiger partial charge in [0.05, 0.1) is 11.4 Å². The second-order valence-electron chi connectivity index (χ2n) is 4.35. The molecule has 0 spiro atoms. The smallest absolute Gasteiger partial charge is 0.0889 e. The third-order valence-corrected chi connectivity index (χ3v) is 2.63. The van der Waals surface area contributed by atoms with Crippen LogP contribution in [0.15, 0.2) is 67.0 Å². The van der Waals surface area contributed by atoms with E-state index in [1.807, 2.05) is 68.4 Å². The van der Waals surface area contributed by atoms with Crippen LogP contribution in [0.5, 0.6) is 0 Å². The first-order valence-electron chi connectivity index (χ1n) is 6.48. The largest absolute Gasteiger partial charge is 0.262 e. The zero-order valence-corrected chi connectivity index (χ0v) is 11.7. The van der Waals surface area contributed by atoms with Crippen molar-refractivity contribution in [1.29, 1.82) is 0 Å². The van der Waals surface area contributed by atoms with Gasteiger partial charge in [-0.1, -0.05) is 18.2 Å². The highest BCUT2D eigenvalue weighted by Crippen LogP contribution is 2.12. The van der Waals surface area contributed by atoms with E-state index in [1.54, 1.807) is 12.4 Å². The van der Waals surface area contributed by atoms with Crippen molar-refractivity contribution >= 4 is 0 Å². The topological polar surface area (TPSA) is 38.7 Å². The fourth-order valence-electron chi connectivity index (χ4n) is 1.65. The van der Waals surface area contributed by atoms with Crippen molar-refractivity contribution in [3.8, 4) is 11.4 Å². The monoisotopic (exact) mass is 263 g/mol. The fourth-order valence-corrected chi connectivity index (χ4v) is 1.65. The second kappa shape index (κ2) is 7.14. The Hall–Kier alpha value is -2.55. The number of pyridine rings is 3. The van der Waals surface area contributed by atoms with Crippen molar-refractivity contribution in [3.05, 3.63) is 78.4 Å². The molecular weight excluding hydrogens is 246 g/mol. The molecule has 0 radical (unpaired) electrons. The highest BCUT2D eigenvalue weighted by Gasteiger charge is 1.97. The average molecular weight is 263 g/mol. The highest BCUT2D eigenvalue weighted by atomic mass is 14.8. The molecular formula is C17H17N3. The van der Waals surface area contributed by atoms with Crippen molar-refractivity contribution in [2.75, 3.05) is 0 Å². The summed E-state index contributed by atoms with van der Waals surface area (Å²) in [5.41, 5.74) is 3.94. The first-order valence-corrected chi connectivity index (χ1v) is 6.48. The Balaban J connectivity index is 0.000000178. The minimum absolute atomic E-state index is 0.922. The van der Waals surface area contributed by atoms with E-state index in [1.165, 1.54) is 0 Å². The van der Waals surface area contributed by atoms with Gasteiger partial charge in [0, 0.05) is 23.8 Å². The lowest BCUT2D eigenvalue weighted by Gasteiger charge is -1.99. The Bertz CT molecular complexity index is 637. The van der Waals surface area contributed by atoms with Crippen LogP contribution in [0.1, 0.15) is 11.4 Å². The van der Waals surface area contributed by atoms with Gasteiger partial charge in [0.25, 0.3) is 0 Å². The summed E-state index contributed by atoms with van der Waals surface area (Å²) in [4.78, 5) is 12.6. The highest BCUT2D eigenvalue weighted by molar-refractivity contribution is 5.53. The molecule has 0 unspecified atom stereocenters. The van der Waals surface area contributed by atoms with E-state index in [9.17, 15) is 0 Å². The van der Waals surface area contributed by atoms with Crippen LogP contribution in [-0.2, 0) is 0 Å². The SMILES string of the molecule is Cc1cccc(-c2ccccn2)n1.Cc1ccccn1. The molecule has 3 heterocycles. The van der Waals surface area contributed by atoms with Crippen molar-refractivity contribution in [2.24, 2.45) is 0 Å². The van der Waals surface area contributed by atoms with Crippen LogP contribution in [0.2, 0.25) is 0 Å². The number of nitrogens with zero attached hydrogens (tertiary/aromatic N) is 3. The Morgan fingerprint density at radius 2 is 1.25 bits per heavy atom. The number of rotatable bonds is 1. The van der Waals surface area contributed by atoms with E-state index < -0.39 is 0 Å². The van der Waals surface area contributed by atoms with E-state index in [-0.39, 0.29) is 0 Å². The maximum Gasteiger partial charge on any atom is 0.0889 e. The molecule has 0 aliphatic heterocycles. The molecule has 0 bridgehead atoms. The van der Waals surface area contributed by atoms with E-state index in [2.05, 4.69) is 15.0 Å². The molecule has 3 aromatic rings. The molecule has 3 nitrogen and oxygen atoms in total. The lowest BCUT2D eigenvalue weighted by molar-refractivity contribution is 1.18. The third kappa shape index (κ3) is 4.28. The lowest BCUT2D eigenvalue weighted by atomic mass is 10.2. The van der Waals surface area contributed by atoms with E-state index >= 15 is 0 Å². The van der Waals surface area contributed by atoms with Gasteiger partial charge in [-0.25, -0.2) is 0 Å². The van der Waals surface area contributed by atoms with Crippen LogP contribution in [0.3, 0.4) is 0 Å². The van der Waals surface area contributed by atoms with Crippen molar-refractivity contribution in [1.82, 2.24) is 15.0 Å². The van der Waals surface area contributed by atoms with Gasteiger partial charge in [-0.15, -0.1) is 0 Å². The molecule has 3 rings (SSSR count). The minimum Gasteiger partial charge on any atom is -0.262 e. The van der Waals surface area contributed by atoms with Crippen molar-refractivity contribution in [2.45, 2.75) is 13.8 Å². The number of aryl methyl sites for hydroxylation is 2. The molecule has 3 aromatic heterocycles. The Kier molecular flexibility index (Phi) is 4.95. The lowest BCUT2D eigenvalue weighted by Crippen LogP contribution is -1.87. The predicted octanol–water partition coefficient (Wildman–Crippen LogP) is 3.84. The van der Waals surface area contributed by atoms with Gasteiger partial charge in [0.15, 0.2) is 0 Å². The van der Waals surface area contributed by atoms with Gasteiger partial charge in [-0.05, 0) is 50.2 Å². The number of hydrogen-bond acceptors (Lipinski definition) is 3. The molecule has 0 N–H and O–H groups in total. The van der Waals surface area contributed by atoms with Crippen LogP contribution in [0.4, 0.5) is 0 Å². The molecule has 0 atom stereocenters. The summed E-state index contributed by atoms with van der Waals surface area (Å²) in [6, 6.07) is 17.6. The quantitative estimate of drug-likeness (QED) is 0.669. The van der Waals surface area contributed by atoms with Gasteiger partial charge < -0.3 is 0 Å². The van der Waals surface area contributed by atoms with Crippen LogP contribution >= 0.6 is 0 Å². The summed E-state index contributed by atoms with van der Waals surface area (Å²) in [5.74, 6) is 0. The van der Waals surface area contributed by atoms with Gasteiger partial charge in [0.1, 0.15) is 0 Å². The zero-order chi connectivity index (χ0) is 14.2. The summed E-state index contributed by atoms with van der Waals surface area (Å²) < 4.78 is 0. The van der Waals surface area contributed by atoms with Crippen LogP contribution < -0.4 is 0 Å². The molecule has 0 saturated heterocycles. The fraction of sp³-hybridized carbons (Fsp3) is 0.118. The average Bonchev–Trinajstić information content (AvgIpc) is 2.50. The zero-order valence-electron chi connectivity index (χ0n) is 11.7. The molecule has 0 amide bonds. The Morgan fingerprint density at radius 3 is 1.75 bits per heavy atom. The summed E-state index contributed by atoms with van der Waals surface area (Å²) >= 11 is 0. The first kappa shape index (κ1) is 13.9. The van der Waals surface area contributed by atoms with Crippen LogP contribution in [0, 0.1) is 13.8 Å². The van der Waals surface area contributed by atoms with E-state index in [0.29, 0.717) is 0 Å². The predicted molar refractivity (Wildman–Crippen MR) is 81.2 cm³/mol. The summed E-state index contributed by atoms with van der Waals surface area (Å²) in [6.45, 7) is 3.95.